The lowest BCUT2D eigenvalue weighted by Crippen LogP contribution is -2.18. The standard InChI is InChI=1S/C10H19N3OS/c1-4-15-6-9(14)5-10-11-7-12-13(10)8(2)3/h7-9,14H,4-6H2,1-3H3. The summed E-state index contributed by atoms with van der Waals surface area (Å²) in [5, 5.41) is 13.9. The molecule has 0 bridgehead atoms. The van der Waals surface area contributed by atoms with Gasteiger partial charge in [-0.1, -0.05) is 6.92 Å². The molecule has 0 saturated heterocycles. The van der Waals surface area contributed by atoms with Crippen molar-refractivity contribution >= 4 is 11.8 Å². The second-order valence-electron chi connectivity index (χ2n) is 3.73. The van der Waals surface area contributed by atoms with Crippen LogP contribution in [0.4, 0.5) is 0 Å². The van der Waals surface area contributed by atoms with E-state index >= 15 is 0 Å². The molecule has 0 radical (unpaired) electrons. The first kappa shape index (κ1) is 12.5. The predicted molar refractivity (Wildman–Crippen MR) is 63.1 cm³/mol. The third-order valence-corrected chi connectivity index (χ3v) is 3.10. The van der Waals surface area contributed by atoms with Crippen LogP contribution < -0.4 is 0 Å². The fraction of sp³-hybridized carbons (Fsp3) is 0.800. The summed E-state index contributed by atoms with van der Waals surface area (Å²) >= 11 is 1.74. The maximum atomic E-state index is 9.76. The van der Waals surface area contributed by atoms with Gasteiger partial charge in [-0.3, -0.25) is 0 Å². The van der Waals surface area contributed by atoms with Crippen LogP contribution in [-0.2, 0) is 6.42 Å². The van der Waals surface area contributed by atoms with E-state index < -0.39 is 0 Å². The maximum absolute atomic E-state index is 9.76. The second kappa shape index (κ2) is 6.12. The fourth-order valence-electron chi connectivity index (χ4n) is 1.38. The average molecular weight is 229 g/mol. The van der Waals surface area contributed by atoms with Crippen molar-refractivity contribution in [2.24, 2.45) is 0 Å². The Morgan fingerprint density at radius 1 is 1.53 bits per heavy atom. The molecule has 0 fully saturated rings. The monoisotopic (exact) mass is 229 g/mol. The first-order valence-corrected chi connectivity index (χ1v) is 6.44. The Morgan fingerprint density at radius 2 is 2.27 bits per heavy atom. The minimum absolute atomic E-state index is 0.300. The molecule has 0 aliphatic rings. The first-order valence-electron chi connectivity index (χ1n) is 5.29. The topological polar surface area (TPSA) is 50.9 Å². The molecule has 15 heavy (non-hydrogen) atoms. The largest absolute Gasteiger partial charge is 0.392 e. The number of aliphatic hydroxyl groups excluding tert-OH is 1. The Bertz CT molecular complexity index is 288. The normalized spacial score (nSPS) is 13.4. The van der Waals surface area contributed by atoms with Crippen LogP contribution in [0, 0.1) is 0 Å². The molecular weight excluding hydrogens is 210 g/mol. The van der Waals surface area contributed by atoms with Gasteiger partial charge in [0.05, 0.1) is 6.10 Å². The molecule has 0 aliphatic carbocycles. The van der Waals surface area contributed by atoms with Gasteiger partial charge < -0.3 is 5.11 Å². The van der Waals surface area contributed by atoms with Crippen molar-refractivity contribution in [2.45, 2.75) is 39.3 Å². The van der Waals surface area contributed by atoms with Crippen LogP contribution in [0.25, 0.3) is 0 Å². The Kier molecular flexibility index (Phi) is 5.11. The molecule has 1 N–H and O–H groups in total. The Labute approximate surface area is 95.1 Å². The second-order valence-corrected chi connectivity index (χ2v) is 5.05. The zero-order valence-corrected chi connectivity index (χ0v) is 10.4. The summed E-state index contributed by atoms with van der Waals surface area (Å²) in [5.41, 5.74) is 0. The summed E-state index contributed by atoms with van der Waals surface area (Å²) in [6.07, 6.45) is 1.82. The van der Waals surface area contributed by atoms with E-state index in [9.17, 15) is 5.11 Å². The van der Waals surface area contributed by atoms with Gasteiger partial charge in [0.15, 0.2) is 0 Å². The number of hydrogen-bond donors (Lipinski definition) is 1. The average Bonchev–Trinajstić information content (AvgIpc) is 2.62. The van der Waals surface area contributed by atoms with Crippen molar-refractivity contribution in [3.63, 3.8) is 0 Å². The molecule has 0 amide bonds. The van der Waals surface area contributed by atoms with Crippen molar-refractivity contribution in [3.05, 3.63) is 12.2 Å². The highest BCUT2D eigenvalue weighted by molar-refractivity contribution is 7.99. The minimum atomic E-state index is -0.323. The molecule has 1 rings (SSSR count). The molecule has 0 aliphatic heterocycles. The molecule has 0 aromatic carbocycles. The van der Waals surface area contributed by atoms with Crippen LogP contribution in [0.2, 0.25) is 0 Å². The highest BCUT2D eigenvalue weighted by Crippen LogP contribution is 2.10. The van der Waals surface area contributed by atoms with Gasteiger partial charge in [-0.15, -0.1) is 0 Å². The molecule has 4 nitrogen and oxygen atoms in total. The zero-order valence-electron chi connectivity index (χ0n) is 9.55. The molecule has 1 aromatic rings. The third kappa shape index (κ3) is 3.83. The summed E-state index contributed by atoms with van der Waals surface area (Å²) in [5.74, 6) is 2.67. The number of thioether (sulfide) groups is 1. The van der Waals surface area contributed by atoms with Gasteiger partial charge in [0.1, 0.15) is 12.2 Å². The highest BCUT2D eigenvalue weighted by atomic mass is 32.2. The van der Waals surface area contributed by atoms with Gasteiger partial charge in [-0.25, -0.2) is 9.67 Å². The lowest BCUT2D eigenvalue weighted by molar-refractivity contribution is 0.195. The molecule has 0 saturated carbocycles. The minimum Gasteiger partial charge on any atom is -0.392 e. The molecular formula is C10H19N3OS. The van der Waals surface area contributed by atoms with E-state index in [4.69, 9.17) is 0 Å². The van der Waals surface area contributed by atoms with Crippen molar-refractivity contribution in [3.8, 4) is 0 Å². The number of aliphatic hydroxyl groups is 1. The highest BCUT2D eigenvalue weighted by Gasteiger charge is 2.12. The van der Waals surface area contributed by atoms with Crippen molar-refractivity contribution in [2.75, 3.05) is 11.5 Å². The van der Waals surface area contributed by atoms with E-state index in [2.05, 4.69) is 30.9 Å². The molecule has 1 heterocycles. The lowest BCUT2D eigenvalue weighted by Gasteiger charge is -2.12. The van der Waals surface area contributed by atoms with Gasteiger partial charge in [0, 0.05) is 18.2 Å². The van der Waals surface area contributed by atoms with Crippen molar-refractivity contribution < 1.29 is 5.11 Å². The number of aromatic nitrogens is 3. The quantitative estimate of drug-likeness (QED) is 0.803. The lowest BCUT2D eigenvalue weighted by atomic mass is 10.2. The van der Waals surface area contributed by atoms with Crippen LogP contribution in [0.1, 0.15) is 32.6 Å². The van der Waals surface area contributed by atoms with Crippen LogP contribution >= 0.6 is 11.8 Å². The Hall–Kier alpha value is -0.550. The molecule has 1 aromatic heterocycles. The van der Waals surface area contributed by atoms with E-state index in [1.807, 2.05) is 4.68 Å². The van der Waals surface area contributed by atoms with Gasteiger partial charge in [-0.05, 0) is 19.6 Å². The summed E-state index contributed by atoms with van der Waals surface area (Å²) in [6, 6.07) is 0.300. The van der Waals surface area contributed by atoms with Crippen molar-refractivity contribution in [1.29, 1.82) is 0 Å². The van der Waals surface area contributed by atoms with E-state index in [0.717, 1.165) is 17.3 Å². The van der Waals surface area contributed by atoms with Gasteiger partial charge in [-0.2, -0.15) is 16.9 Å². The summed E-state index contributed by atoms with van der Waals surface area (Å²) in [7, 11) is 0. The molecule has 1 atom stereocenters. The van der Waals surface area contributed by atoms with E-state index in [1.165, 1.54) is 0 Å². The zero-order chi connectivity index (χ0) is 11.3. The van der Waals surface area contributed by atoms with Crippen LogP contribution in [0.3, 0.4) is 0 Å². The Balaban J connectivity index is 2.52. The smallest absolute Gasteiger partial charge is 0.138 e. The molecule has 5 heteroatoms. The van der Waals surface area contributed by atoms with Crippen molar-refractivity contribution in [1.82, 2.24) is 14.8 Å². The molecule has 86 valence electrons. The van der Waals surface area contributed by atoms with Crippen LogP contribution in [0.5, 0.6) is 0 Å². The summed E-state index contributed by atoms with van der Waals surface area (Å²) < 4.78 is 1.86. The van der Waals surface area contributed by atoms with Crippen LogP contribution in [0.15, 0.2) is 6.33 Å². The number of hydrogen-bond acceptors (Lipinski definition) is 4. The van der Waals surface area contributed by atoms with Crippen LogP contribution in [-0.4, -0.2) is 37.5 Å². The number of nitrogens with zero attached hydrogens (tertiary/aromatic N) is 3. The summed E-state index contributed by atoms with van der Waals surface area (Å²) in [4.78, 5) is 4.17. The van der Waals surface area contributed by atoms with E-state index in [-0.39, 0.29) is 6.10 Å². The first-order chi connectivity index (χ1) is 7.15. The van der Waals surface area contributed by atoms with Gasteiger partial charge in [0.2, 0.25) is 0 Å². The Morgan fingerprint density at radius 3 is 2.87 bits per heavy atom. The summed E-state index contributed by atoms with van der Waals surface area (Å²) in [6.45, 7) is 6.21. The predicted octanol–water partition coefficient (Wildman–Crippen LogP) is 1.52. The maximum Gasteiger partial charge on any atom is 0.138 e. The third-order valence-electron chi connectivity index (χ3n) is 2.07. The van der Waals surface area contributed by atoms with Gasteiger partial charge >= 0.3 is 0 Å². The fourth-order valence-corrected chi connectivity index (χ4v) is 2.00. The molecule has 0 spiro atoms. The number of rotatable bonds is 6. The van der Waals surface area contributed by atoms with E-state index in [1.54, 1.807) is 18.1 Å². The van der Waals surface area contributed by atoms with E-state index in [0.29, 0.717) is 12.5 Å². The van der Waals surface area contributed by atoms with Gasteiger partial charge in [0.25, 0.3) is 0 Å². The SMILES string of the molecule is CCSCC(O)Cc1ncnn1C(C)C. The molecule has 1 unspecified atom stereocenters.